The highest BCUT2D eigenvalue weighted by Gasteiger charge is 2.26. The Hall–Kier alpha value is -0.950. The van der Waals surface area contributed by atoms with Crippen LogP contribution in [0.4, 0.5) is 0 Å². The Morgan fingerprint density at radius 3 is 3.25 bits per heavy atom. The summed E-state index contributed by atoms with van der Waals surface area (Å²) in [5, 5.41) is 13.7. The van der Waals surface area contributed by atoms with Crippen LogP contribution in [0.15, 0.2) is 17.0 Å². The van der Waals surface area contributed by atoms with E-state index in [-0.39, 0.29) is 0 Å². The summed E-state index contributed by atoms with van der Waals surface area (Å²) in [6.07, 6.45) is 1.01. The number of hydrogen-bond donors (Lipinski definition) is 1. The number of nitrogens with zero attached hydrogens (tertiary/aromatic N) is 3. The molecule has 1 unspecified atom stereocenters. The van der Waals surface area contributed by atoms with Crippen LogP contribution >= 0.6 is 23.4 Å². The van der Waals surface area contributed by atoms with Crippen LogP contribution in [0.1, 0.15) is 0 Å². The first-order chi connectivity index (χ1) is 7.65. The van der Waals surface area contributed by atoms with Crippen molar-refractivity contribution in [3.63, 3.8) is 0 Å². The van der Waals surface area contributed by atoms with Crippen LogP contribution in [0.2, 0.25) is 0 Å². The lowest BCUT2D eigenvalue weighted by Gasteiger charge is -2.20. The highest BCUT2D eigenvalue weighted by molar-refractivity contribution is 8.17. The Labute approximate surface area is 102 Å². The molecule has 0 aromatic heterocycles. The van der Waals surface area contributed by atoms with Crippen molar-refractivity contribution in [1.82, 2.24) is 10.2 Å². The first-order valence-corrected chi connectivity index (χ1v) is 6.11. The first kappa shape index (κ1) is 11.5. The average molecular weight is 263 g/mol. The maximum absolute atomic E-state index is 10.4. The monoisotopic (exact) mass is 262 g/mol. The third-order valence-electron chi connectivity index (χ3n) is 2.36. The SMILES string of the molecule is O=[N+]([O-])/C=C1\NCCN1CC1CN=C(Cl)S1. The van der Waals surface area contributed by atoms with Gasteiger partial charge in [0.15, 0.2) is 10.3 Å². The molecular weight excluding hydrogens is 252 g/mol. The Kier molecular flexibility index (Phi) is 3.55. The molecule has 1 fully saturated rings. The number of aliphatic imine (C=N–C) groups is 1. The van der Waals surface area contributed by atoms with E-state index in [1.54, 1.807) is 0 Å². The molecule has 0 radical (unpaired) electrons. The molecule has 1 saturated heterocycles. The van der Waals surface area contributed by atoms with Crippen LogP contribution in [-0.4, -0.2) is 45.8 Å². The molecule has 0 amide bonds. The molecule has 0 aromatic carbocycles. The molecule has 0 saturated carbocycles. The minimum Gasteiger partial charge on any atom is -0.365 e. The molecule has 8 heteroatoms. The standard InChI is InChI=1S/C8H11ClN4O2S/c9-8-11-3-6(16-8)4-12-2-1-10-7(12)5-13(14)15/h5-6,10H,1-4H2/b7-5+. The minimum atomic E-state index is -0.439. The summed E-state index contributed by atoms with van der Waals surface area (Å²) in [6, 6.07) is 0. The van der Waals surface area contributed by atoms with Crippen molar-refractivity contribution in [2.45, 2.75) is 5.25 Å². The molecule has 16 heavy (non-hydrogen) atoms. The van der Waals surface area contributed by atoms with Gasteiger partial charge in [-0.2, -0.15) is 0 Å². The van der Waals surface area contributed by atoms with Crippen molar-refractivity contribution >= 4 is 27.9 Å². The van der Waals surface area contributed by atoms with Crippen molar-refractivity contribution < 1.29 is 4.92 Å². The molecule has 88 valence electrons. The maximum Gasteiger partial charge on any atom is 0.274 e. The van der Waals surface area contributed by atoms with Crippen LogP contribution in [0.5, 0.6) is 0 Å². The van der Waals surface area contributed by atoms with Crippen molar-refractivity contribution in [1.29, 1.82) is 0 Å². The van der Waals surface area contributed by atoms with Gasteiger partial charge >= 0.3 is 0 Å². The van der Waals surface area contributed by atoms with E-state index >= 15 is 0 Å². The summed E-state index contributed by atoms with van der Waals surface area (Å²) in [4.78, 5) is 16.0. The average Bonchev–Trinajstić information content (AvgIpc) is 2.77. The summed E-state index contributed by atoms with van der Waals surface area (Å²) >= 11 is 7.29. The number of thioether (sulfide) groups is 1. The van der Waals surface area contributed by atoms with E-state index in [1.807, 2.05) is 4.90 Å². The molecule has 6 nitrogen and oxygen atoms in total. The molecule has 1 N–H and O–H groups in total. The van der Waals surface area contributed by atoms with Gasteiger partial charge in [0.2, 0.25) is 0 Å². The van der Waals surface area contributed by atoms with E-state index in [0.29, 0.717) is 22.1 Å². The van der Waals surface area contributed by atoms with E-state index in [2.05, 4.69) is 10.3 Å². The van der Waals surface area contributed by atoms with E-state index in [4.69, 9.17) is 11.6 Å². The lowest BCUT2D eigenvalue weighted by atomic mass is 10.4. The van der Waals surface area contributed by atoms with E-state index in [1.165, 1.54) is 11.8 Å². The predicted octanol–water partition coefficient (Wildman–Crippen LogP) is 0.677. The van der Waals surface area contributed by atoms with Crippen LogP contribution in [0.25, 0.3) is 0 Å². The smallest absolute Gasteiger partial charge is 0.274 e. The predicted molar refractivity (Wildman–Crippen MR) is 64.2 cm³/mol. The lowest BCUT2D eigenvalue weighted by Crippen LogP contribution is -2.29. The van der Waals surface area contributed by atoms with Crippen LogP contribution in [0.3, 0.4) is 0 Å². The minimum absolute atomic E-state index is 0.294. The first-order valence-electron chi connectivity index (χ1n) is 4.86. The van der Waals surface area contributed by atoms with Gasteiger partial charge in [-0.3, -0.25) is 15.1 Å². The fourth-order valence-electron chi connectivity index (χ4n) is 1.69. The van der Waals surface area contributed by atoms with E-state index in [0.717, 1.165) is 25.8 Å². The van der Waals surface area contributed by atoms with Gasteiger partial charge in [0.1, 0.15) is 0 Å². The molecule has 2 aliphatic heterocycles. The lowest BCUT2D eigenvalue weighted by molar-refractivity contribution is -0.404. The van der Waals surface area contributed by atoms with Gasteiger partial charge in [-0.15, -0.1) is 0 Å². The summed E-state index contributed by atoms with van der Waals surface area (Å²) in [5.41, 5.74) is 0. The fraction of sp³-hybridized carbons (Fsp3) is 0.625. The number of hydrogen-bond acceptors (Lipinski definition) is 6. The summed E-state index contributed by atoms with van der Waals surface area (Å²) < 4.78 is 0.581. The van der Waals surface area contributed by atoms with E-state index in [9.17, 15) is 10.1 Å². The molecule has 2 rings (SSSR count). The Morgan fingerprint density at radius 2 is 2.62 bits per heavy atom. The molecule has 0 bridgehead atoms. The number of rotatable bonds is 3. The highest BCUT2D eigenvalue weighted by Crippen LogP contribution is 2.25. The zero-order chi connectivity index (χ0) is 11.5. The molecular formula is C8H11ClN4O2S. The Bertz CT molecular complexity index is 360. The number of halogens is 1. The van der Waals surface area contributed by atoms with Crippen molar-refractivity contribution in [3.8, 4) is 0 Å². The second kappa shape index (κ2) is 4.92. The molecule has 0 aliphatic carbocycles. The van der Waals surface area contributed by atoms with Gasteiger partial charge in [0.25, 0.3) is 6.20 Å². The molecule has 1 atom stereocenters. The maximum atomic E-state index is 10.4. The molecule has 2 aliphatic rings. The quantitative estimate of drug-likeness (QED) is 0.598. The van der Waals surface area contributed by atoms with Gasteiger partial charge < -0.3 is 10.2 Å². The van der Waals surface area contributed by atoms with Crippen molar-refractivity contribution in [2.24, 2.45) is 4.99 Å². The zero-order valence-corrected chi connectivity index (χ0v) is 10.00. The third-order valence-corrected chi connectivity index (χ3v) is 3.71. The molecule has 2 heterocycles. The summed E-state index contributed by atoms with van der Waals surface area (Å²) in [5.74, 6) is 0.577. The molecule has 0 aromatic rings. The second-order valence-corrected chi connectivity index (χ2v) is 5.38. The summed E-state index contributed by atoms with van der Waals surface area (Å²) in [7, 11) is 0. The number of nitro groups is 1. The van der Waals surface area contributed by atoms with Crippen LogP contribution < -0.4 is 5.32 Å². The van der Waals surface area contributed by atoms with E-state index < -0.39 is 4.92 Å². The van der Waals surface area contributed by atoms with Gasteiger partial charge in [-0.1, -0.05) is 23.4 Å². The van der Waals surface area contributed by atoms with Crippen LogP contribution in [-0.2, 0) is 0 Å². The van der Waals surface area contributed by atoms with Gasteiger partial charge in [-0.25, -0.2) is 0 Å². The normalized spacial score (nSPS) is 27.1. The second-order valence-electron chi connectivity index (χ2n) is 3.51. The van der Waals surface area contributed by atoms with Crippen molar-refractivity contribution in [3.05, 3.63) is 22.1 Å². The summed E-state index contributed by atoms with van der Waals surface area (Å²) in [6.45, 7) is 2.95. The zero-order valence-electron chi connectivity index (χ0n) is 8.43. The topological polar surface area (TPSA) is 70.8 Å². The van der Waals surface area contributed by atoms with Gasteiger partial charge in [0, 0.05) is 24.9 Å². The fourth-order valence-corrected chi connectivity index (χ4v) is 2.97. The molecule has 0 spiro atoms. The Morgan fingerprint density at radius 1 is 1.81 bits per heavy atom. The highest BCUT2D eigenvalue weighted by atomic mass is 35.5. The van der Waals surface area contributed by atoms with Gasteiger partial charge in [0.05, 0.1) is 11.5 Å². The van der Waals surface area contributed by atoms with Crippen molar-refractivity contribution in [2.75, 3.05) is 26.2 Å². The largest absolute Gasteiger partial charge is 0.365 e. The van der Waals surface area contributed by atoms with Gasteiger partial charge in [-0.05, 0) is 0 Å². The Balaban J connectivity index is 1.92. The van der Waals surface area contributed by atoms with Crippen LogP contribution in [0, 0.1) is 10.1 Å². The third kappa shape index (κ3) is 2.79. The number of nitrogens with one attached hydrogen (secondary N) is 1.